The molecule has 0 spiro atoms. The maximum Gasteiger partial charge on any atom is 0.338 e. The molecular formula is C31H27N3O7S. The molecule has 0 bridgehead atoms. The smallest absolute Gasteiger partial charge is 0.338 e. The highest BCUT2D eigenvalue weighted by Gasteiger charge is 2.33. The third-order valence-corrected chi connectivity index (χ3v) is 7.75. The second kappa shape index (κ2) is 12.2. The third kappa shape index (κ3) is 5.59. The molecule has 0 N–H and O–H groups in total. The van der Waals surface area contributed by atoms with Crippen LogP contribution in [0.4, 0.5) is 5.69 Å². The van der Waals surface area contributed by atoms with Crippen molar-refractivity contribution in [1.29, 1.82) is 0 Å². The SMILES string of the molecule is CCC1=C(C(=O)OC)[C@H](c2ccccc2)n2c(s/c(=C\c3ccc(OCc4cccc([N+](=O)[O-])c4)c(OC)c3)c2=O)=N1. The van der Waals surface area contributed by atoms with E-state index in [9.17, 15) is 19.7 Å². The van der Waals surface area contributed by atoms with Crippen molar-refractivity contribution in [1.82, 2.24) is 4.57 Å². The van der Waals surface area contributed by atoms with E-state index in [-0.39, 0.29) is 17.9 Å². The van der Waals surface area contributed by atoms with E-state index in [2.05, 4.69) is 4.99 Å². The van der Waals surface area contributed by atoms with E-state index in [1.54, 1.807) is 41.0 Å². The molecule has 11 heteroatoms. The Kier molecular flexibility index (Phi) is 8.30. The molecule has 0 saturated carbocycles. The van der Waals surface area contributed by atoms with Gasteiger partial charge >= 0.3 is 5.97 Å². The second-order valence-corrected chi connectivity index (χ2v) is 10.3. The Morgan fingerprint density at radius 2 is 1.86 bits per heavy atom. The summed E-state index contributed by atoms with van der Waals surface area (Å²) >= 11 is 1.24. The summed E-state index contributed by atoms with van der Waals surface area (Å²) in [5, 5.41) is 11.1. The van der Waals surface area contributed by atoms with Gasteiger partial charge in [0.1, 0.15) is 6.61 Å². The van der Waals surface area contributed by atoms with Gasteiger partial charge in [-0.15, -0.1) is 0 Å². The van der Waals surface area contributed by atoms with Crippen LogP contribution in [-0.4, -0.2) is 29.7 Å². The van der Waals surface area contributed by atoms with Gasteiger partial charge in [0.25, 0.3) is 11.2 Å². The fourth-order valence-electron chi connectivity index (χ4n) is 4.78. The van der Waals surface area contributed by atoms with Gasteiger partial charge in [-0.1, -0.05) is 66.8 Å². The summed E-state index contributed by atoms with van der Waals surface area (Å²) in [6, 6.07) is 20.1. The van der Waals surface area contributed by atoms with Crippen LogP contribution in [0.1, 0.15) is 36.1 Å². The van der Waals surface area contributed by atoms with Crippen LogP contribution in [-0.2, 0) is 16.1 Å². The molecule has 1 aromatic heterocycles. The molecule has 1 aliphatic heterocycles. The van der Waals surface area contributed by atoms with Gasteiger partial charge in [0.05, 0.1) is 41.0 Å². The van der Waals surface area contributed by atoms with Crippen LogP contribution in [0.15, 0.2) is 93.9 Å². The molecule has 214 valence electrons. The largest absolute Gasteiger partial charge is 0.493 e. The molecule has 1 atom stereocenters. The molecule has 0 aliphatic carbocycles. The summed E-state index contributed by atoms with van der Waals surface area (Å²) in [7, 11) is 2.83. The zero-order valence-electron chi connectivity index (χ0n) is 23.1. The molecule has 2 heterocycles. The monoisotopic (exact) mass is 585 g/mol. The number of ether oxygens (including phenoxy) is 3. The van der Waals surface area contributed by atoms with E-state index >= 15 is 0 Å². The minimum Gasteiger partial charge on any atom is -0.493 e. The lowest BCUT2D eigenvalue weighted by Gasteiger charge is -2.25. The highest BCUT2D eigenvalue weighted by atomic mass is 32.1. The average molecular weight is 586 g/mol. The van der Waals surface area contributed by atoms with Crippen LogP contribution in [0, 0.1) is 10.1 Å². The number of benzene rings is 3. The number of carbonyl (C=O) groups is 1. The van der Waals surface area contributed by atoms with Crippen molar-refractivity contribution in [3.05, 3.63) is 131 Å². The summed E-state index contributed by atoms with van der Waals surface area (Å²) < 4.78 is 18.5. The Labute approximate surface area is 244 Å². The molecule has 4 aromatic rings. The molecule has 42 heavy (non-hydrogen) atoms. The molecule has 0 fully saturated rings. The number of nitro groups is 1. The van der Waals surface area contributed by atoms with Crippen molar-refractivity contribution in [2.45, 2.75) is 26.0 Å². The number of rotatable bonds is 9. The number of methoxy groups -OCH3 is 2. The first-order chi connectivity index (χ1) is 20.3. The van der Waals surface area contributed by atoms with Gasteiger partial charge < -0.3 is 14.2 Å². The number of aromatic nitrogens is 1. The number of non-ortho nitro benzene ring substituents is 1. The summed E-state index contributed by atoms with van der Waals surface area (Å²) in [4.78, 5) is 42.5. The van der Waals surface area contributed by atoms with Crippen molar-refractivity contribution >= 4 is 29.1 Å². The van der Waals surface area contributed by atoms with Crippen LogP contribution >= 0.6 is 11.3 Å². The van der Waals surface area contributed by atoms with Crippen LogP contribution in [0.5, 0.6) is 11.5 Å². The van der Waals surface area contributed by atoms with Crippen molar-refractivity contribution in [3.8, 4) is 11.5 Å². The number of nitrogens with zero attached hydrogens (tertiary/aromatic N) is 3. The molecular weight excluding hydrogens is 558 g/mol. The first-order valence-electron chi connectivity index (χ1n) is 13.1. The highest BCUT2D eigenvalue weighted by molar-refractivity contribution is 7.07. The van der Waals surface area contributed by atoms with Gasteiger partial charge in [-0.05, 0) is 41.3 Å². The van der Waals surface area contributed by atoms with Crippen molar-refractivity contribution < 1.29 is 23.9 Å². The standard InChI is InChI=1S/C31H27N3O7S/c1-4-23-27(30(36)40-3)28(21-10-6-5-7-11-21)33-29(35)26(42-31(33)32-23)17-19-13-14-24(25(16-19)39-2)41-18-20-9-8-12-22(15-20)34(37)38/h5-17,28H,4,18H2,1-3H3/b26-17-/t28-/m0/s1. The quantitative estimate of drug-likeness (QED) is 0.163. The fraction of sp³-hybridized carbons (Fsp3) is 0.194. The Morgan fingerprint density at radius 1 is 1.07 bits per heavy atom. The van der Waals surface area contributed by atoms with Crippen LogP contribution in [0.25, 0.3) is 6.08 Å². The van der Waals surface area contributed by atoms with E-state index in [0.717, 1.165) is 5.56 Å². The topological polar surface area (TPSA) is 122 Å². The lowest BCUT2D eigenvalue weighted by molar-refractivity contribution is -0.384. The maximum absolute atomic E-state index is 13.8. The minimum absolute atomic E-state index is 0.0147. The molecule has 0 saturated heterocycles. The number of fused-ring (bicyclic) bond motifs is 1. The Bertz CT molecular complexity index is 1880. The molecule has 5 rings (SSSR count). The van der Waals surface area contributed by atoms with Gasteiger partial charge in [-0.3, -0.25) is 19.5 Å². The van der Waals surface area contributed by atoms with E-state index in [4.69, 9.17) is 14.2 Å². The summed E-state index contributed by atoms with van der Waals surface area (Å²) in [6.45, 7) is 2.02. The second-order valence-electron chi connectivity index (χ2n) is 9.32. The van der Waals surface area contributed by atoms with Crippen molar-refractivity contribution in [2.24, 2.45) is 4.99 Å². The normalized spacial score (nSPS) is 14.6. The van der Waals surface area contributed by atoms with E-state index < -0.39 is 16.9 Å². The predicted octanol–water partition coefficient (Wildman–Crippen LogP) is 4.29. The van der Waals surface area contributed by atoms with Crippen LogP contribution in [0.3, 0.4) is 0 Å². The summed E-state index contributed by atoms with van der Waals surface area (Å²) in [6.07, 6.45) is 2.24. The zero-order chi connectivity index (χ0) is 29.8. The van der Waals surface area contributed by atoms with Gasteiger partial charge in [0.15, 0.2) is 16.3 Å². The summed E-state index contributed by atoms with van der Waals surface area (Å²) in [5.41, 5.74) is 2.74. The van der Waals surface area contributed by atoms with Gasteiger partial charge in [0.2, 0.25) is 0 Å². The van der Waals surface area contributed by atoms with Gasteiger partial charge in [0, 0.05) is 12.1 Å². The average Bonchev–Trinajstić information content (AvgIpc) is 3.33. The van der Waals surface area contributed by atoms with Crippen molar-refractivity contribution in [3.63, 3.8) is 0 Å². The molecule has 3 aromatic carbocycles. The molecule has 1 aliphatic rings. The van der Waals surface area contributed by atoms with Crippen molar-refractivity contribution in [2.75, 3.05) is 14.2 Å². The molecule has 0 radical (unpaired) electrons. The Balaban J connectivity index is 1.52. The first kappa shape index (κ1) is 28.5. The minimum atomic E-state index is -0.675. The number of carbonyl (C=O) groups excluding carboxylic acids is 1. The molecule has 0 unspecified atom stereocenters. The fourth-order valence-corrected chi connectivity index (χ4v) is 5.80. The maximum atomic E-state index is 13.8. The first-order valence-corrected chi connectivity index (χ1v) is 13.9. The lowest BCUT2D eigenvalue weighted by atomic mass is 9.95. The predicted molar refractivity (Wildman–Crippen MR) is 157 cm³/mol. The van der Waals surface area contributed by atoms with E-state index in [0.29, 0.717) is 49.7 Å². The third-order valence-electron chi connectivity index (χ3n) is 6.77. The number of hydrogen-bond acceptors (Lipinski definition) is 9. The Hall–Kier alpha value is -5.03. The number of allylic oxidation sites excluding steroid dienone is 1. The number of esters is 1. The Morgan fingerprint density at radius 3 is 2.55 bits per heavy atom. The number of thiazole rings is 1. The van der Waals surface area contributed by atoms with E-state index in [1.807, 2.05) is 37.3 Å². The van der Waals surface area contributed by atoms with Crippen LogP contribution in [0.2, 0.25) is 0 Å². The number of nitro benzene ring substituents is 1. The van der Waals surface area contributed by atoms with Crippen LogP contribution < -0.4 is 24.4 Å². The summed E-state index contributed by atoms with van der Waals surface area (Å²) in [5.74, 6) is 0.358. The van der Waals surface area contributed by atoms with Gasteiger partial charge in [-0.25, -0.2) is 9.79 Å². The highest BCUT2D eigenvalue weighted by Crippen LogP contribution is 2.32. The van der Waals surface area contributed by atoms with E-state index in [1.165, 1.54) is 37.7 Å². The van der Waals surface area contributed by atoms with Gasteiger partial charge in [-0.2, -0.15) is 0 Å². The molecule has 10 nitrogen and oxygen atoms in total. The molecule has 0 amide bonds. The zero-order valence-corrected chi connectivity index (χ0v) is 23.9. The number of hydrogen-bond donors (Lipinski definition) is 0. The lowest BCUT2D eigenvalue weighted by Crippen LogP contribution is -2.40.